The molecule has 0 unspecified atom stereocenters. The third-order valence-electron chi connectivity index (χ3n) is 3.91. The second kappa shape index (κ2) is 4.28. The van der Waals surface area contributed by atoms with Crippen LogP contribution in [-0.2, 0) is 7.05 Å². The Morgan fingerprint density at radius 3 is 2.72 bits per heavy atom. The van der Waals surface area contributed by atoms with Gasteiger partial charge >= 0.3 is 0 Å². The number of anilines is 1. The van der Waals surface area contributed by atoms with E-state index in [1.807, 2.05) is 6.07 Å². The van der Waals surface area contributed by atoms with Crippen LogP contribution in [0.1, 0.15) is 19.8 Å². The summed E-state index contributed by atoms with van der Waals surface area (Å²) in [6.45, 7) is 4.44. The van der Waals surface area contributed by atoms with E-state index in [1.165, 1.54) is 5.52 Å². The predicted molar refractivity (Wildman–Crippen MR) is 74.8 cm³/mol. The van der Waals surface area contributed by atoms with Crippen LogP contribution in [0, 0.1) is 0 Å². The van der Waals surface area contributed by atoms with Crippen molar-refractivity contribution in [3.05, 3.63) is 24.3 Å². The second-order valence-corrected chi connectivity index (χ2v) is 5.42. The summed E-state index contributed by atoms with van der Waals surface area (Å²) >= 11 is 0. The lowest BCUT2D eigenvalue weighted by Gasteiger charge is -2.35. The van der Waals surface area contributed by atoms with Gasteiger partial charge in [0, 0.05) is 12.6 Å². The van der Waals surface area contributed by atoms with Crippen LogP contribution in [0.2, 0.25) is 0 Å². The number of piperidine rings is 1. The molecule has 2 N–H and O–H groups in total. The molecule has 0 radical (unpaired) electrons. The summed E-state index contributed by atoms with van der Waals surface area (Å²) in [4.78, 5) is 4.68. The normalized spacial score (nSPS) is 19.0. The van der Waals surface area contributed by atoms with Crippen LogP contribution in [0.5, 0.6) is 0 Å². The van der Waals surface area contributed by atoms with Crippen LogP contribution in [-0.4, -0.2) is 28.2 Å². The largest absolute Gasteiger partial charge is 0.350 e. The SMILES string of the molecule is Cn1c(NC2(C)CCNCC2)nc2ccccc21. The molecule has 0 saturated carbocycles. The first-order valence-corrected chi connectivity index (χ1v) is 6.58. The molecule has 1 aromatic heterocycles. The molecule has 1 fully saturated rings. The average Bonchev–Trinajstić information content (AvgIpc) is 2.67. The number of hydrogen-bond donors (Lipinski definition) is 2. The van der Waals surface area contributed by atoms with Crippen molar-refractivity contribution in [1.82, 2.24) is 14.9 Å². The number of benzene rings is 1. The highest BCUT2D eigenvalue weighted by molar-refractivity contribution is 5.78. The molecule has 3 rings (SSSR count). The van der Waals surface area contributed by atoms with Gasteiger partial charge in [-0.1, -0.05) is 12.1 Å². The van der Waals surface area contributed by atoms with E-state index in [9.17, 15) is 0 Å². The highest BCUT2D eigenvalue weighted by atomic mass is 15.2. The van der Waals surface area contributed by atoms with Gasteiger partial charge in [-0.25, -0.2) is 4.98 Å². The third-order valence-corrected chi connectivity index (χ3v) is 3.91. The molecular formula is C14H20N4. The number of nitrogens with zero attached hydrogens (tertiary/aromatic N) is 2. The Bertz CT molecular complexity index is 552. The Hall–Kier alpha value is -1.55. The Balaban J connectivity index is 1.92. The van der Waals surface area contributed by atoms with Gasteiger partial charge < -0.3 is 15.2 Å². The molecular weight excluding hydrogens is 224 g/mol. The van der Waals surface area contributed by atoms with Crippen LogP contribution >= 0.6 is 0 Å². The van der Waals surface area contributed by atoms with E-state index in [0.29, 0.717) is 0 Å². The Morgan fingerprint density at radius 2 is 2.00 bits per heavy atom. The number of para-hydroxylation sites is 2. The second-order valence-electron chi connectivity index (χ2n) is 5.42. The zero-order valence-electron chi connectivity index (χ0n) is 11.0. The number of aryl methyl sites for hydroxylation is 1. The first-order chi connectivity index (χ1) is 8.68. The smallest absolute Gasteiger partial charge is 0.204 e. The lowest BCUT2D eigenvalue weighted by Crippen LogP contribution is -2.45. The molecule has 0 aliphatic carbocycles. The third kappa shape index (κ3) is 1.97. The number of hydrogen-bond acceptors (Lipinski definition) is 3. The van der Waals surface area contributed by atoms with Gasteiger partial charge in [-0.2, -0.15) is 0 Å². The van der Waals surface area contributed by atoms with Crippen molar-refractivity contribution in [3.63, 3.8) is 0 Å². The van der Waals surface area contributed by atoms with Crippen LogP contribution in [0.3, 0.4) is 0 Å². The number of imidazole rings is 1. The summed E-state index contributed by atoms with van der Waals surface area (Å²) in [5.74, 6) is 0.973. The van der Waals surface area contributed by atoms with Crippen molar-refractivity contribution < 1.29 is 0 Å². The summed E-state index contributed by atoms with van der Waals surface area (Å²) in [6, 6.07) is 8.26. The quantitative estimate of drug-likeness (QED) is 0.850. The molecule has 4 nitrogen and oxygen atoms in total. The van der Waals surface area contributed by atoms with Crippen LogP contribution in [0.15, 0.2) is 24.3 Å². The molecule has 18 heavy (non-hydrogen) atoms. The summed E-state index contributed by atoms with van der Waals surface area (Å²) in [6.07, 6.45) is 2.27. The monoisotopic (exact) mass is 244 g/mol. The zero-order chi connectivity index (χ0) is 12.6. The zero-order valence-corrected chi connectivity index (χ0v) is 11.0. The van der Waals surface area contributed by atoms with E-state index in [1.54, 1.807) is 0 Å². The molecule has 1 saturated heterocycles. The summed E-state index contributed by atoms with van der Waals surface area (Å²) in [5.41, 5.74) is 2.39. The molecule has 0 bridgehead atoms. The van der Waals surface area contributed by atoms with E-state index in [2.05, 4.69) is 52.4 Å². The molecule has 2 aromatic rings. The fourth-order valence-corrected chi connectivity index (χ4v) is 2.63. The Kier molecular flexibility index (Phi) is 2.74. The van der Waals surface area contributed by atoms with E-state index in [4.69, 9.17) is 0 Å². The van der Waals surface area contributed by atoms with Gasteiger partial charge in [0.2, 0.25) is 5.95 Å². The molecule has 4 heteroatoms. The Labute approximate surface area is 107 Å². The van der Waals surface area contributed by atoms with Gasteiger partial charge in [0.1, 0.15) is 0 Å². The van der Waals surface area contributed by atoms with Crippen LogP contribution in [0.4, 0.5) is 5.95 Å². The van der Waals surface area contributed by atoms with Crippen LogP contribution < -0.4 is 10.6 Å². The summed E-state index contributed by atoms with van der Waals surface area (Å²) in [7, 11) is 2.07. The van der Waals surface area contributed by atoms with Gasteiger partial charge in [0.05, 0.1) is 11.0 Å². The minimum absolute atomic E-state index is 0.153. The summed E-state index contributed by atoms with van der Waals surface area (Å²) < 4.78 is 2.14. The van der Waals surface area contributed by atoms with Crippen molar-refractivity contribution in [2.75, 3.05) is 18.4 Å². The maximum Gasteiger partial charge on any atom is 0.204 e. The molecule has 1 aromatic carbocycles. The number of rotatable bonds is 2. The fraction of sp³-hybridized carbons (Fsp3) is 0.500. The van der Waals surface area contributed by atoms with E-state index < -0.39 is 0 Å². The van der Waals surface area contributed by atoms with Crippen molar-refractivity contribution in [2.45, 2.75) is 25.3 Å². The van der Waals surface area contributed by atoms with Gasteiger partial charge in [0.25, 0.3) is 0 Å². The predicted octanol–water partition coefficient (Wildman–Crippen LogP) is 2.13. The first kappa shape index (κ1) is 11.5. The van der Waals surface area contributed by atoms with E-state index >= 15 is 0 Å². The minimum Gasteiger partial charge on any atom is -0.350 e. The lowest BCUT2D eigenvalue weighted by atomic mass is 9.91. The van der Waals surface area contributed by atoms with Crippen molar-refractivity contribution in [1.29, 1.82) is 0 Å². The molecule has 2 heterocycles. The number of nitrogens with one attached hydrogen (secondary N) is 2. The molecule has 0 atom stereocenters. The average molecular weight is 244 g/mol. The first-order valence-electron chi connectivity index (χ1n) is 6.58. The fourth-order valence-electron chi connectivity index (χ4n) is 2.63. The number of aromatic nitrogens is 2. The van der Waals surface area contributed by atoms with Crippen molar-refractivity contribution in [2.24, 2.45) is 7.05 Å². The molecule has 0 amide bonds. The molecule has 0 spiro atoms. The minimum atomic E-state index is 0.153. The molecule has 96 valence electrons. The highest BCUT2D eigenvalue weighted by Crippen LogP contribution is 2.25. The standard InChI is InChI=1S/C14H20N4/c1-14(7-9-15-10-8-14)17-13-16-11-5-3-4-6-12(11)18(13)2/h3-6,15H,7-10H2,1-2H3,(H,16,17). The lowest BCUT2D eigenvalue weighted by molar-refractivity contribution is 0.362. The Morgan fingerprint density at radius 1 is 1.28 bits per heavy atom. The van der Waals surface area contributed by atoms with Crippen LogP contribution in [0.25, 0.3) is 11.0 Å². The van der Waals surface area contributed by atoms with Gasteiger partial charge in [-0.15, -0.1) is 0 Å². The van der Waals surface area contributed by atoms with E-state index in [0.717, 1.165) is 37.4 Å². The molecule has 1 aliphatic heterocycles. The maximum atomic E-state index is 4.68. The highest BCUT2D eigenvalue weighted by Gasteiger charge is 2.27. The van der Waals surface area contributed by atoms with Gasteiger partial charge in [-0.05, 0) is 45.0 Å². The van der Waals surface area contributed by atoms with Gasteiger partial charge in [-0.3, -0.25) is 0 Å². The topological polar surface area (TPSA) is 41.9 Å². The maximum absolute atomic E-state index is 4.68. The number of fused-ring (bicyclic) bond motifs is 1. The van der Waals surface area contributed by atoms with E-state index in [-0.39, 0.29) is 5.54 Å². The van der Waals surface area contributed by atoms with Crippen molar-refractivity contribution >= 4 is 17.0 Å². The van der Waals surface area contributed by atoms with Gasteiger partial charge in [0.15, 0.2) is 0 Å². The van der Waals surface area contributed by atoms with Crippen molar-refractivity contribution in [3.8, 4) is 0 Å². The summed E-state index contributed by atoms with van der Waals surface area (Å²) in [5, 5.41) is 7.03. The molecule has 1 aliphatic rings.